The molecule has 0 fully saturated rings. The van der Waals surface area contributed by atoms with Crippen molar-refractivity contribution in [2.24, 2.45) is 5.14 Å². The van der Waals surface area contributed by atoms with Crippen LogP contribution >= 0.6 is 11.6 Å². The fraction of sp³-hybridized carbons (Fsp3) is 0.143. The average molecular weight is 374 g/mol. The van der Waals surface area contributed by atoms with E-state index in [2.05, 4.69) is 0 Å². The highest BCUT2D eigenvalue weighted by atomic mass is 35.5. The van der Waals surface area contributed by atoms with Crippen LogP contribution in [0.4, 0.5) is 15.8 Å². The van der Waals surface area contributed by atoms with Crippen molar-refractivity contribution < 1.29 is 17.7 Å². The summed E-state index contributed by atoms with van der Waals surface area (Å²) in [6.07, 6.45) is 0. The standard InChI is InChI=1S/C14H13ClFN3O4S/c1-18(8-10-11(15)3-2-4-12(10)16)13-6-5-9(19(20)21)7-14(13)24(17,22)23/h2-7H,8H2,1H3,(H2,17,22,23). The number of non-ortho nitro benzene ring substituents is 1. The number of nitro groups is 1. The van der Waals surface area contributed by atoms with E-state index in [4.69, 9.17) is 16.7 Å². The fourth-order valence-electron chi connectivity index (χ4n) is 2.17. The zero-order valence-electron chi connectivity index (χ0n) is 12.4. The minimum Gasteiger partial charge on any atom is -0.369 e. The molecular formula is C14H13ClFN3O4S. The topological polar surface area (TPSA) is 107 Å². The lowest BCUT2D eigenvalue weighted by Gasteiger charge is -2.22. The molecule has 10 heteroatoms. The van der Waals surface area contributed by atoms with E-state index in [1.54, 1.807) is 0 Å². The molecule has 0 radical (unpaired) electrons. The zero-order chi connectivity index (χ0) is 18.1. The predicted molar refractivity (Wildman–Crippen MR) is 88.0 cm³/mol. The smallest absolute Gasteiger partial charge is 0.270 e. The van der Waals surface area contributed by atoms with Crippen LogP contribution < -0.4 is 10.0 Å². The SMILES string of the molecule is CN(Cc1c(F)cccc1Cl)c1ccc([N+](=O)[O-])cc1S(N)(=O)=O. The summed E-state index contributed by atoms with van der Waals surface area (Å²) >= 11 is 5.96. The summed E-state index contributed by atoms with van der Waals surface area (Å²) in [6, 6.07) is 7.43. The molecule has 0 heterocycles. The Morgan fingerprint density at radius 2 is 2.00 bits per heavy atom. The Labute approximate surface area is 142 Å². The Hall–Kier alpha value is -2.23. The summed E-state index contributed by atoms with van der Waals surface area (Å²) in [5.41, 5.74) is -0.150. The lowest BCUT2D eigenvalue weighted by molar-refractivity contribution is -0.385. The Morgan fingerprint density at radius 3 is 2.54 bits per heavy atom. The van der Waals surface area contributed by atoms with Gasteiger partial charge in [-0.05, 0) is 18.2 Å². The highest BCUT2D eigenvalue weighted by Gasteiger charge is 2.22. The normalized spacial score (nSPS) is 11.3. The minimum absolute atomic E-state index is 0.0498. The number of hydrogen-bond donors (Lipinski definition) is 1. The van der Waals surface area contributed by atoms with Gasteiger partial charge in [-0.3, -0.25) is 10.1 Å². The third-order valence-electron chi connectivity index (χ3n) is 3.33. The maximum absolute atomic E-state index is 13.9. The van der Waals surface area contributed by atoms with E-state index < -0.39 is 31.3 Å². The fourth-order valence-corrected chi connectivity index (χ4v) is 3.19. The number of anilines is 1. The van der Waals surface area contributed by atoms with Gasteiger partial charge < -0.3 is 4.90 Å². The van der Waals surface area contributed by atoms with Crippen LogP contribution in [0.2, 0.25) is 5.02 Å². The zero-order valence-corrected chi connectivity index (χ0v) is 14.0. The second-order valence-corrected chi connectivity index (χ2v) is 6.95. The van der Waals surface area contributed by atoms with Crippen molar-refractivity contribution in [3.63, 3.8) is 0 Å². The van der Waals surface area contributed by atoms with E-state index in [0.717, 1.165) is 12.1 Å². The maximum atomic E-state index is 13.9. The van der Waals surface area contributed by atoms with Crippen molar-refractivity contribution in [3.8, 4) is 0 Å². The molecule has 0 aliphatic rings. The molecule has 7 nitrogen and oxygen atoms in total. The number of primary sulfonamides is 1. The molecule has 0 bridgehead atoms. The van der Waals surface area contributed by atoms with Crippen molar-refractivity contribution in [2.75, 3.05) is 11.9 Å². The first-order chi connectivity index (χ1) is 11.1. The molecule has 0 amide bonds. The first-order valence-corrected chi connectivity index (χ1v) is 8.49. The Balaban J connectivity index is 2.49. The van der Waals surface area contributed by atoms with Crippen molar-refractivity contribution in [1.29, 1.82) is 0 Å². The summed E-state index contributed by atoms with van der Waals surface area (Å²) in [5.74, 6) is -0.548. The Kier molecular flexibility index (Phi) is 5.07. The van der Waals surface area contributed by atoms with E-state index in [-0.39, 0.29) is 22.8 Å². The van der Waals surface area contributed by atoms with Crippen LogP contribution in [0.3, 0.4) is 0 Å². The third-order valence-corrected chi connectivity index (χ3v) is 4.62. The molecule has 24 heavy (non-hydrogen) atoms. The van der Waals surface area contributed by atoms with Crippen LogP contribution in [0, 0.1) is 15.9 Å². The summed E-state index contributed by atoms with van der Waals surface area (Å²) < 4.78 is 37.4. The molecule has 2 aromatic rings. The van der Waals surface area contributed by atoms with Crippen molar-refractivity contribution in [3.05, 3.63) is 62.9 Å². The summed E-state index contributed by atoms with van der Waals surface area (Å²) in [6.45, 7) is -0.0498. The lowest BCUT2D eigenvalue weighted by atomic mass is 10.2. The highest BCUT2D eigenvalue weighted by Crippen LogP contribution is 2.30. The van der Waals surface area contributed by atoms with Crippen LogP contribution in [0.5, 0.6) is 0 Å². The molecule has 2 rings (SSSR count). The summed E-state index contributed by atoms with van der Waals surface area (Å²) in [4.78, 5) is 11.1. The number of nitrogens with two attached hydrogens (primary N) is 1. The van der Waals surface area contributed by atoms with E-state index in [1.165, 1.54) is 36.2 Å². The molecule has 0 atom stereocenters. The van der Waals surface area contributed by atoms with Gasteiger partial charge in [0.05, 0.1) is 10.6 Å². The van der Waals surface area contributed by atoms with Gasteiger partial charge >= 0.3 is 0 Å². The number of sulfonamides is 1. The predicted octanol–water partition coefficient (Wildman–Crippen LogP) is 2.67. The van der Waals surface area contributed by atoms with Gasteiger partial charge in [-0.15, -0.1) is 0 Å². The third kappa shape index (κ3) is 3.81. The molecule has 0 aromatic heterocycles. The van der Waals surface area contributed by atoms with E-state index in [0.29, 0.717) is 0 Å². The number of benzene rings is 2. The van der Waals surface area contributed by atoms with Crippen LogP contribution in [-0.4, -0.2) is 20.4 Å². The molecule has 0 saturated carbocycles. The highest BCUT2D eigenvalue weighted by molar-refractivity contribution is 7.89. The van der Waals surface area contributed by atoms with Crippen LogP contribution in [0.25, 0.3) is 0 Å². The van der Waals surface area contributed by atoms with Gasteiger partial charge in [-0.25, -0.2) is 17.9 Å². The quantitative estimate of drug-likeness (QED) is 0.640. The van der Waals surface area contributed by atoms with Gasteiger partial charge in [0.15, 0.2) is 0 Å². The van der Waals surface area contributed by atoms with Gasteiger partial charge in [0.2, 0.25) is 10.0 Å². The molecule has 0 spiro atoms. The number of hydrogen-bond acceptors (Lipinski definition) is 5. The van der Waals surface area contributed by atoms with E-state index in [1.807, 2.05) is 0 Å². The van der Waals surface area contributed by atoms with Gasteiger partial charge in [-0.2, -0.15) is 0 Å². The maximum Gasteiger partial charge on any atom is 0.270 e. The second kappa shape index (κ2) is 6.71. The Bertz CT molecular complexity index is 885. The average Bonchev–Trinajstić information content (AvgIpc) is 2.49. The van der Waals surface area contributed by atoms with Gasteiger partial charge in [0.25, 0.3) is 5.69 Å². The molecule has 2 aromatic carbocycles. The molecule has 0 saturated heterocycles. The number of nitrogens with zero attached hydrogens (tertiary/aromatic N) is 2. The molecule has 128 valence electrons. The summed E-state index contributed by atoms with van der Waals surface area (Å²) in [7, 11) is -2.72. The van der Waals surface area contributed by atoms with Crippen molar-refractivity contribution in [1.82, 2.24) is 0 Å². The van der Waals surface area contributed by atoms with Gasteiger partial charge in [-0.1, -0.05) is 17.7 Å². The first kappa shape index (κ1) is 18.1. The second-order valence-electron chi connectivity index (χ2n) is 5.01. The molecule has 2 N–H and O–H groups in total. The number of halogens is 2. The van der Waals surface area contributed by atoms with Crippen molar-refractivity contribution >= 4 is 33.0 Å². The largest absolute Gasteiger partial charge is 0.369 e. The van der Waals surface area contributed by atoms with Crippen molar-refractivity contribution in [2.45, 2.75) is 11.4 Å². The minimum atomic E-state index is -4.22. The monoisotopic (exact) mass is 373 g/mol. The molecule has 0 aliphatic heterocycles. The van der Waals surface area contributed by atoms with Gasteiger partial charge in [0, 0.05) is 36.3 Å². The van der Waals surface area contributed by atoms with Crippen LogP contribution in [0.1, 0.15) is 5.56 Å². The first-order valence-electron chi connectivity index (χ1n) is 6.56. The van der Waals surface area contributed by atoms with Crippen LogP contribution in [-0.2, 0) is 16.6 Å². The van der Waals surface area contributed by atoms with E-state index >= 15 is 0 Å². The molecule has 0 unspecified atom stereocenters. The lowest BCUT2D eigenvalue weighted by Crippen LogP contribution is -2.22. The van der Waals surface area contributed by atoms with E-state index in [9.17, 15) is 22.9 Å². The molecular weight excluding hydrogens is 361 g/mol. The number of nitro benzene ring substituents is 1. The van der Waals surface area contributed by atoms with Crippen LogP contribution in [0.15, 0.2) is 41.3 Å². The molecule has 0 aliphatic carbocycles. The Morgan fingerprint density at radius 1 is 1.33 bits per heavy atom. The number of rotatable bonds is 5. The van der Waals surface area contributed by atoms with Gasteiger partial charge in [0.1, 0.15) is 10.7 Å². The summed E-state index contributed by atoms with van der Waals surface area (Å²) in [5, 5.41) is 16.2.